The van der Waals surface area contributed by atoms with Crippen LogP contribution in [0, 0.1) is 11.8 Å². The van der Waals surface area contributed by atoms with E-state index in [1.807, 2.05) is 4.90 Å². The first kappa shape index (κ1) is 16.4. The van der Waals surface area contributed by atoms with Gasteiger partial charge in [-0.05, 0) is 31.1 Å². The molecule has 19 heavy (non-hydrogen) atoms. The summed E-state index contributed by atoms with van der Waals surface area (Å²) in [5.41, 5.74) is 5.42. The van der Waals surface area contributed by atoms with Crippen LogP contribution in [0.25, 0.3) is 0 Å². The Morgan fingerprint density at radius 3 is 2.11 bits per heavy atom. The Bertz CT molecular complexity index is 272. The Labute approximate surface area is 117 Å². The van der Waals surface area contributed by atoms with Crippen LogP contribution in [-0.2, 0) is 9.53 Å². The van der Waals surface area contributed by atoms with E-state index in [1.54, 1.807) is 0 Å². The van der Waals surface area contributed by atoms with E-state index in [1.165, 1.54) is 0 Å². The smallest absolute Gasteiger partial charge is 0.245 e. The van der Waals surface area contributed by atoms with Crippen LogP contribution >= 0.6 is 0 Å². The maximum absolute atomic E-state index is 12.6. The van der Waals surface area contributed by atoms with Gasteiger partial charge in [-0.15, -0.1) is 0 Å². The zero-order chi connectivity index (χ0) is 14.5. The highest BCUT2D eigenvalue weighted by Gasteiger charge is 2.40. The summed E-state index contributed by atoms with van der Waals surface area (Å²) >= 11 is 0. The Morgan fingerprint density at radius 2 is 1.74 bits per heavy atom. The fourth-order valence-corrected chi connectivity index (χ4v) is 2.21. The molecule has 1 atom stereocenters. The molecule has 1 heterocycles. The van der Waals surface area contributed by atoms with E-state index in [-0.39, 0.29) is 5.91 Å². The molecule has 0 aromatic heterocycles. The lowest BCUT2D eigenvalue weighted by atomic mass is 9.97. The zero-order valence-electron chi connectivity index (χ0n) is 12.9. The average Bonchev–Trinajstić information content (AvgIpc) is 2.76. The number of nitrogens with zero attached hydrogens (tertiary/aromatic N) is 1. The summed E-state index contributed by atoms with van der Waals surface area (Å²) in [6, 6.07) is 0. The van der Waals surface area contributed by atoms with Crippen molar-refractivity contribution in [1.29, 1.82) is 0 Å². The molecular weight excluding hydrogens is 240 g/mol. The van der Waals surface area contributed by atoms with Gasteiger partial charge in [-0.3, -0.25) is 4.79 Å². The molecule has 2 N–H and O–H groups in total. The van der Waals surface area contributed by atoms with E-state index in [9.17, 15) is 4.79 Å². The molecule has 1 aliphatic heterocycles. The normalized spacial score (nSPS) is 23.3. The predicted octanol–water partition coefficient (Wildman–Crippen LogP) is 2.02. The molecule has 1 aliphatic rings. The minimum atomic E-state index is -0.784. The molecule has 0 aromatic carbocycles. The van der Waals surface area contributed by atoms with Gasteiger partial charge in [-0.1, -0.05) is 27.7 Å². The second-order valence-corrected chi connectivity index (χ2v) is 6.62. The molecule has 0 aliphatic carbocycles. The molecule has 1 rings (SSSR count). The van der Waals surface area contributed by atoms with E-state index in [4.69, 9.17) is 10.5 Å². The monoisotopic (exact) mass is 270 g/mol. The van der Waals surface area contributed by atoms with E-state index in [0.717, 1.165) is 25.9 Å². The Balaban J connectivity index is 2.62. The molecule has 0 bridgehead atoms. The van der Waals surface area contributed by atoms with Crippen LogP contribution < -0.4 is 5.73 Å². The van der Waals surface area contributed by atoms with E-state index in [0.29, 0.717) is 31.5 Å². The predicted molar refractivity (Wildman–Crippen MR) is 77.8 cm³/mol. The number of carbonyl (C=O) groups excluding carboxylic acids is 1. The van der Waals surface area contributed by atoms with Gasteiger partial charge in [0.1, 0.15) is 5.54 Å². The third kappa shape index (κ3) is 5.11. The van der Waals surface area contributed by atoms with Gasteiger partial charge in [0.15, 0.2) is 0 Å². The summed E-state index contributed by atoms with van der Waals surface area (Å²) in [7, 11) is 0. The fourth-order valence-electron chi connectivity index (χ4n) is 2.21. The van der Waals surface area contributed by atoms with Crippen molar-refractivity contribution in [3.05, 3.63) is 0 Å². The number of ether oxygens (including phenoxy) is 1. The van der Waals surface area contributed by atoms with Crippen molar-refractivity contribution in [3.8, 4) is 0 Å². The van der Waals surface area contributed by atoms with Gasteiger partial charge in [0.2, 0.25) is 5.91 Å². The van der Waals surface area contributed by atoms with Crippen LogP contribution in [0.15, 0.2) is 0 Å². The van der Waals surface area contributed by atoms with Crippen molar-refractivity contribution in [2.24, 2.45) is 17.6 Å². The standard InChI is InChI=1S/C15H30N2O2/c1-12(2)5-8-17(9-6-13(3)4)14(18)15(16)7-10-19-11-15/h12-13H,5-11,16H2,1-4H3. The second kappa shape index (κ2) is 7.25. The molecule has 0 aromatic rings. The number of hydrogen-bond acceptors (Lipinski definition) is 3. The van der Waals surface area contributed by atoms with Gasteiger partial charge < -0.3 is 15.4 Å². The highest BCUT2D eigenvalue weighted by Crippen LogP contribution is 2.20. The summed E-state index contributed by atoms with van der Waals surface area (Å²) in [5, 5.41) is 0. The molecule has 1 fully saturated rings. The van der Waals surface area contributed by atoms with Crippen molar-refractivity contribution in [2.45, 2.75) is 52.5 Å². The summed E-state index contributed by atoms with van der Waals surface area (Å²) < 4.78 is 5.31. The molecule has 112 valence electrons. The Hall–Kier alpha value is -0.610. The van der Waals surface area contributed by atoms with Gasteiger partial charge in [-0.25, -0.2) is 0 Å². The van der Waals surface area contributed by atoms with Crippen LogP contribution in [-0.4, -0.2) is 42.6 Å². The van der Waals surface area contributed by atoms with Crippen LogP contribution in [0.2, 0.25) is 0 Å². The van der Waals surface area contributed by atoms with Crippen molar-refractivity contribution in [3.63, 3.8) is 0 Å². The van der Waals surface area contributed by atoms with Crippen LogP contribution in [0.4, 0.5) is 0 Å². The summed E-state index contributed by atoms with van der Waals surface area (Å²) in [5.74, 6) is 1.28. The maximum Gasteiger partial charge on any atom is 0.245 e. The summed E-state index contributed by atoms with van der Waals surface area (Å²) in [4.78, 5) is 14.6. The van der Waals surface area contributed by atoms with Gasteiger partial charge in [0.05, 0.1) is 6.61 Å². The third-order valence-electron chi connectivity index (χ3n) is 3.72. The van der Waals surface area contributed by atoms with Crippen LogP contribution in [0.1, 0.15) is 47.0 Å². The molecular formula is C15H30N2O2. The van der Waals surface area contributed by atoms with Crippen molar-refractivity contribution in [2.75, 3.05) is 26.3 Å². The van der Waals surface area contributed by atoms with Crippen molar-refractivity contribution < 1.29 is 9.53 Å². The lowest BCUT2D eigenvalue weighted by Gasteiger charge is -2.31. The molecule has 1 amide bonds. The Kier molecular flexibility index (Phi) is 6.27. The van der Waals surface area contributed by atoms with Gasteiger partial charge in [-0.2, -0.15) is 0 Å². The van der Waals surface area contributed by atoms with Crippen molar-refractivity contribution >= 4 is 5.91 Å². The van der Waals surface area contributed by atoms with Crippen LogP contribution in [0.5, 0.6) is 0 Å². The topological polar surface area (TPSA) is 55.6 Å². The highest BCUT2D eigenvalue weighted by molar-refractivity contribution is 5.86. The molecule has 0 radical (unpaired) electrons. The number of carbonyl (C=O) groups is 1. The second-order valence-electron chi connectivity index (χ2n) is 6.62. The number of amides is 1. The van der Waals surface area contributed by atoms with Gasteiger partial charge in [0.25, 0.3) is 0 Å². The molecule has 1 unspecified atom stereocenters. The van der Waals surface area contributed by atoms with E-state index < -0.39 is 5.54 Å². The summed E-state index contributed by atoms with van der Waals surface area (Å²) in [6.45, 7) is 11.3. The molecule has 0 saturated carbocycles. The first-order valence-electron chi connectivity index (χ1n) is 7.51. The minimum absolute atomic E-state index is 0.0753. The van der Waals surface area contributed by atoms with E-state index >= 15 is 0 Å². The molecule has 1 saturated heterocycles. The molecule has 4 heteroatoms. The van der Waals surface area contributed by atoms with Crippen molar-refractivity contribution in [1.82, 2.24) is 4.90 Å². The minimum Gasteiger partial charge on any atom is -0.379 e. The fraction of sp³-hybridized carbons (Fsp3) is 0.933. The first-order chi connectivity index (χ1) is 8.85. The molecule has 0 spiro atoms. The zero-order valence-corrected chi connectivity index (χ0v) is 12.9. The summed E-state index contributed by atoms with van der Waals surface area (Å²) in [6.07, 6.45) is 2.70. The number of rotatable bonds is 7. The quantitative estimate of drug-likeness (QED) is 0.770. The largest absolute Gasteiger partial charge is 0.379 e. The lowest BCUT2D eigenvalue weighted by molar-refractivity contribution is -0.137. The third-order valence-corrected chi connectivity index (χ3v) is 3.72. The number of hydrogen-bond donors (Lipinski definition) is 1. The van der Waals surface area contributed by atoms with Gasteiger partial charge in [0, 0.05) is 19.7 Å². The van der Waals surface area contributed by atoms with Crippen LogP contribution in [0.3, 0.4) is 0 Å². The molecule has 4 nitrogen and oxygen atoms in total. The average molecular weight is 270 g/mol. The SMILES string of the molecule is CC(C)CCN(CCC(C)C)C(=O)C1(N)CCOC1. The Morgan fingerprint density at radius 1 is 1.21 bits per heavy atom. The lowest BCUT2D eigenvalue weighted by Crippen LogP contribution is -2.56. The number of nitrogens with two attached hydrogens (primary N) is 1. The van der Waals surface area contributed by atoms with E-state index in [2.05, 4.69) is 27.7 Å². The highest BCUT2D eigenvalue weighted by atomic mass is 16.5. The maximum atomic E-state index is 12.6. The first-order valence-corrected chi connectivity index (χ1v) is 7.51. The van der Waals surface area contributed by atoms with Gasteiger partial charge >= 0.3 is 0 Å².